The first-order valence-corrected chi connectivity index (χ1v) is 7.80. The van der Waals surface area contributed by atoms with E-state index in [1.807, 2.05) is 0 Å². The number of rotatable bonds is 5. The Morgan fingerprint density at radius 1 is 0.929 bits per heavy atom. The van der Waals surface area contributed by atoms with E-state index < -0.39 is 32.6 Å². The Morgan fingerprint density at radius 3 is 2.29 bits per heavy atom. The Balaban J connectivity index is 1.96. The quantitative estimate of drug-likeness (QED) is 0.526. The highest BCUT2D eigenvalue weighted by atomic mass is 16.6. The molecule has 0 fully saturated rings. The average Bonchev–Trinajstić information content (AvgIpc) is 2.68. The van der Waals surface area contributed by atoms with Crippen molar-refractivity contribution in [3.63, 3.8) is 0 Å². The van der Waals surface area contributed by atoms with Crippen LogP contribution < -0.4 is 10.7 Å². The Kier molecular flexibility index (Phi) is 4.94. The summed E-state index contributed by atoms with van der Waals surface area (Å²) >= 11 is 0. The van der Waals surface area contributed by atoms with E-state index in [2.05, 4.69) is 5.32 Å². The Morgan fingerprint density at radius 2 is 1.64 bits per heavy atom. The second-order valence-electron chi connectivity index (χ2n) is 5.56. The lowest BCUT2D eigenvalue weighted by atomic mass is 10.1. The van der Waals surface area contributed by atoms with Crippen LogP contribution in [-0.2, 0) is 0 Å². The van der Waals surface area contributed by atoms with Crippen LogP contribution in [0.15, 0.2) is 69.9 Å². The predicted octanol–water partition coefficient (Wildman–Crippen LogP) is 3.38. The van der Waals surface area contributed by atoms with Crippen LogP contribution in [0.25, 0.3) is 11.3 Å². The van der Waals surface area contributed by atoms with Gasteiger partial charge in [-0.05, 0) is 6.07 Å². The molecule has 0 radical (unpaired) electrons. The lowest BCUT2D eigenvalue weighted by Crippen LogP contribution is -2.15. The molecule has 28 heavy (non-hydrogen) atoms. The summed E-state index contributed by atoms with van der Waals surface area (Å²) < 4.78 is 5.45. The zero-order valence-electron chi connectivity index (χ0n) is 14.0. The Bertz CT molecular complexity index is 1140. The molecular formula is C18H11N3O7. The van der Waals surface area contributed by atoms with E-state index in [9.17, 15) is 29.8 Å². The van der Waals surface area contributed by atoms with Crippen LogP contribution in [0.3, 0.4) is 0 Å². The normalized spacial score (nSPS) is 10.3. The number of benzene rings is 2. The maximum Gasteiger partial charge on any atom is 0.299 e. The van der Waals surface area contributed by atoms with Crippen molar-refractivity contribution in [1.29, 1.82) is 0 Å². The number of anilines is 1. The number of hydrogen-bond acceptors (Lipinski definition) is 7. The number of carbonyl (C=O) groups is 1. The molecular weight excluding hydrogens is 370 g/mol. The number of carbonyl (C=O) groups excluding carboxylic acids is 1. The summed E-state index contributed by atoms with van der Waals surface area (Å²) in [6.45, 7) is 0. The van der Waals surface area contributed by atoms with Gasteiger partial charge in [-0.25, -0.2) is 0 Å². The molecule has 10 nitrogen and oxygen atoms in total. The van der Waals surface area contributed by atoms with Gasteiger partial charge in [-0.3, -0.25) is 29.8 Å². The van der Waals surface area contributed by atoms with Gasteiger partial charge in [0, 0.05) is 23.8 Å². The van der Waals surface area contributed by atoms with E-state index >= 15 is 0 Å². The number of nitrogens with zero attached hydrogens (tertiary/aromatic N) is 2. The van der Waals surface area contributed by atoms with E-state index in [1.165, 1.54) is 6.07 Å². The fraction of sp³-hybridized carbons (Fsp3) is 0. The highest BCUT2D eigenvalue weighted by Gasteiger charge is 2.22. The molecule has 2 aromatic carbocycles. The molecule has 1 N–H and O–H groups in total. The van der Waals surface area contributed by atoms with Gasteiger partial charge in [0.05, 0.1) is 15.9 Å². The SMILES string of the molecule is O=C(Nc1ccc([N+](=O)[O-])cc1[N+](=O)[O-])c1cc(=O)cc(-c2ccccc2)o1. The summed E-state index contributed by atoms with van der Waals surface area (Å²) in [5, 5.41) is 24.2. The summed E-state index contributed by atoms with van der Waals surface area (Å²) in [6.07, 6.45) is 0. The van der Waals surface area contributed by atoms with Crippen LogP contribution in [-0.4, -0.2) is 15.8 Å². The summed E-state index contributed by atoms with van der Waals surface area (Å²) in [5.41, 5.74) is -1.36. The molecule has 0 spiro atoms. The second kappa shape index (κ2) is 7.50. The molecule has 0 aliphatic heterocycles. The van der Waals surface area contributed by atoms with Crippen LogP contribution >= 0.6 is 0 Å². The molecule has 3 aromatic rings. The minimum Gasteiger partial charge on any atom is -0.451 e. The van der Waals surface area contributed by atoms with E-state index in [-0.39, 0.29) is 17.2 Å². The molecule has 0 bridgehead atoms. The molecule has 0 atom stereocenters. The fourth-order valence-electron chi connectivity index (χ4n) is 2.41. The number of nitro benzene ring substituents is 2. The number of nitrogens with one attached hydrogen (secondary N) is 1. The molecule has 10 heteroatoms. The molecule has 0 unspecified atom stereocenters. The van der Waals surface area contributed by atoms with E-state index in [0.29, 0.717) is 5.56 Å². The van der Waals surface area contributed by atoms with Crippen LogP contribution in [0.5, 0.6) is 0 Å². The van der Waals surface area contributed by atoms with Crippen LogP contribution in [0.2, 0.25) is 0 Å². The van der Waals surface area contributed by atoms with Crippen molar-refractivity contribution in [3.8, 4) is 11.3 Å². The minimum atomic E-state index is -0.910. The zero-order chi connectivity index (χ0) is 20.3. The third kappa shape index (κ3) is 3.90. The van der Waals surface area contributed by atoms with Crippen LogP contribution in [0.1, 0.15) is 10.6 Å². The molecule has 3 rings (SSSR count). The zero-order valence-corrected chi connectivity index (χ0v) is 14.0. The predicted molar refractivity (Wildman–Crippen MR) is 98.1 cm³/mol. The van der Waals surface area contributed by atoms with Gasteiger partial charge in [0.2, 0.25) is 0 Å². The summed E-state index contributed by atoms with van der Waals surface area (Å²) in [6, 6.07) is 13.5. The van der Waals surface area contributed by atoms with Crippen molar-refractivity contribution < 1.29 is 19.1 Å². The first-order chi connectivity index (χ1) is 13.3. The monoisotopic (exact) mass is 381 g/mol. The number of amides is 1. The van der Waals surface area contributed by atoms with E-state index in [1.54, 1.807) is 30.3 Å². The number of hydrogen-bond donors (Lipinski definition) is 1. The molecule has 0 saturated heterocycles. The third-order valence-corrected chi connectivity index (χ3v) is 3.69. The van der Waals surface area contributed by atoms with E-state index in [4.69, 9.17) is 4.42 Å². The maximum absolute atomic E-state index is 12.4. The van der Waals surface area contributed by atoms with Crippen molar-refractivity contribution in [2.75, 3.05) is 5.32 Å². The molecule has 1 aromatic heterocycles. The second-order valence-corrected chi connectivity index (χ2v) is 5.56. The molecule has 140 valence electrons. The first-order valence-electron chi connectivity index (χ1n) is 7.80. The van der Waals surface area contributed by atoms with Gasteiger partial charge in [-0.2, -0.15) is 0 Å². The van der Waals surface area contributed by atoms with E-state index in [0.717, 1.165) is 24.3 Å². The van der Waals surface area contributed by atoms with Crippen molar-refractivity contribution in [3.05, 3.63) is 96.9 Å². The van der Waals surface area contributed by atoms with Gasteiger partial charge in [0.1, 0.15) is 11.4 Å². The summed E-state index contributed by atoms with van der Waals surface area (Å²) in [5.74, 6) is -1.12. The molecule has 1 amide bonds. The smallest absolute Gasteiger partial charge is 0.299 e. The topological polar surface area (TPSA) is 146 Å². The van der Waals surface area contributed by atoms with Gasteiger partial charge in [0.15, 0.2) is 11.2 Å². The summed E-state index contributed by atoms with van der Waals surface area (Å²) in [7, 11) is 0. The van der Waals surface area contributed by atoms with Crippen LogP contribution in [0, 0.1) is 20.2 Å². The Hall–Kier alpha value is -4.34. The third-order valence-electron chi connectivity index (χ3n) is 3.69. The van der Waals surface area contributed by atoms with Crippen molar-refractivity contribution >= 4 is 23.0 Å². The largest absolute Gasteiger partial charge is 0.451 e. The first kappa shape index (κ1) is 18.5. The maximum atomic E-state index is 12.4. The summed E-state index contributed by atoms with van der Waals surface area (Å²) in [4.78, 5) is 44.7. The van der Waals surface area contributed by atoms with Gasteiger partial charge < -0.3 is 9.73 Å². The number of non-ortho nitro benzene ring substituents is 1. The van der Waals surface area contributed by atoms with Gasteiger partial charge >= 0.3 is 0 Å². The lowest BCUT2D eigenvalue weighted by Gasteiger charge is -2.07. The minimum absolute atomic E-state index is 0.149. The molecule has 0 saturated carbocycles. The van der Waals surface area contributed by atoms with Crippen molar-refractivity contribution in [2.24, 2.45) is 0 Å². The number of nitro groups is 2. The molecule has 1 heterocycles. The van der Waals surface area contributed by atoms with Crippen molar-refractivity contribution in [2.45, 2.75) is 0 Å². The Labute approximate surface area is 156 Å². The average molecular weight is 381 g/mol. The highest BCUT2D eigenvalue weighted by molar-refractivity contribution is 6.03. The fourth-order valence-corrected chi connectivity index (χ4v) is 2.41. The lowest BCUT2D eigenvalue weighted by molar-refractivity contribution is -0.393. The van der Waals surface area contributed by atoms with Gasteiger partial charge in [0.25, 0.3) is 17.3 Å². The van der Waals surface area contributed by atoms with Crippen molar-refractivity contribution in [1.82, 2.24) is 0 Å². The van der Waals surface area contributed by atoms with Gasteiger partial charge in [-0.1, -0.05) is 30.3 Å². The van der Waals surface area contributed by atoms with Crippen LogP contribution in [0.4, 0.5) is 17.1 Å². The highest BCUT2D eigenvalue weighted by Crippen LogP contribution is 2.29. The van der Waals surface area contributed by atoms with Gasteiger partial charge in [-0.15, -0.1) is 0 Å². The molecule has 0 aliphatic carbocycles. The molecule has 0 aliphatic rings. The standard InChI is InChI=1S/C18H11N3O7/c22-13-9-16(11-4-2-1-3-5-11)28-17(10-13)18(23)19-14-7-6-12(20(24)25)8-15(14)21(26)27/h1-10H,(H,19,23).